The molecule has 1 amide bonds. The van der Waals surface area contributed by atoms with Crippen LogP contribution >= 0.6 is 0 Å². The number of aromatic nitrogens is 2. The van der Waals surface area contributed by atoms with Gasteiger partial charge in [-0.15, -0.1) is 0 Å². The van der Waals surface area contributed by atoms with E-state index in [-0.39, 0.29) is 5.88 Å². The van der Waals surface area contributed by atoms with Crippen molar-refractivity contribution in [3.63, 3.8) is 0 Å². The summed E-state index contributed by atoms with van der Waals surface area (Å²) in [7, 11) is -3.64. The van der Waals surface area contributed by atoms with Crippen LogP contribution in [0.15, 0.2) is 66.9 Å². The zero-order valence-corrected chi connectivity index (χ0v) is 15.3. The number of nitrogens with one attached hydrogen (secondary N) is 1. The summed E-state index contributed by atoms with van der Waals surface area (Å²) in [6.07, 6.45) is 2.30. The molecule has 1 N–H and O–H groups in total. The summed E-state index contributed by atoms with van der Waals surface area (Å²) >= 11 is 0. The molecule has 0 spiro atoms. The first-order valence-electron chi connectivity index (χ1n) is 8.04. The molecule has 3 rings (SSSR count). The van der Waals surface area contributed by atoms with Crippen LogP contribution in [0.1, 0.15) is 0 Å². The van der Waals surface area contributed by atoms with Gasteiger partial charge in [0.15, 0.2) is 6.61 Å². The fourth-order valence-electron chi connectivity index (χ4n) is 2.42. The number of sulfonamides is 1. The van der Waals surface area contributed by atoms with Crippen molar-refractivity contribution < 1.29 is 17.9 Å². The van der Waals surface area contributed by atoms with Crippen molar-refractivity contribution in [3.8, 4) is 28.4 Å². The number of benzene rings is 2. The van der Waals surface area contributed by atoms with Crippen molar-refractivity contribution in [1.29, 1.82) is 0 Å². The highest BCUT2D eigenvalue weighted by Crippen LogP contribution is 2.29. The van der Waals surface area contributed by atoms with Gasteiger partial charge in [-0.25, -0.2) is 18.4 Å². The maximum absolute atomic E-state index is 11.6. The van der Waals surface area contributed by atoms with Crippen LogP contribution in [0.5, 0.6) is 5.88 Å². The van der Waals surface area contributed by atoms with E-state index >= 15 is 0 Å². The molecule has 0 aliphatic carbocycles. The molecular formula is C19H17N3O4S. The predicted molar refractivity (Wildman–Crippen MR) is 101 cm³/mol. The first-order valence-corrected chi connectivity index (χ1v) is 9.93. The highest BCUT2D eigenvalue weighted by atomic mass is 32.2. The first kappa shape index (κ1) is 18.5. The van der Waals surface area contributed by atoms with Gasteiger partial charge in [-0.2, -0.15) is 0 Å². The second-order valence-corrected chi connectivity index (χ2v) is 7.47. The van der Waals surface area contributed by atoms with Crippen LogP contribution in [0.3, 0.4) is 0 Å². The van der Waals surface area contributed by atoms with Crippen LogP contribution < -0.4 is 9.46 Å². The van der Waals surface area contributed by atoms with Crippen LogP contribution in [0.2, 0.25) is 0 Å². The largest absolute Gasteiger partial charge is 0.466 e. The molecule has 3 aromatic rings. The summed E-state index contributed by atoms with van der Waals surface area (Å²) < 4.78 is 29.3. The van der Waals surface area contributed by atoms with Gasteiger partial charge in [0.05, 0.1) is 18.1 Å². The van der Waals surface area contributed by atoms with Gasteiger partial charge < -0.3 is 4.74 Å². The van der Waals surface area contributed by atoms with Gasteiger partial charge >= 0.3 is 0 Å². The Bertz CT molecular complexity index is 1040. The van der Waals surface area contributed by atoms with Crippen LogP contribution in [-0.2, 0) is 14.8 Å². The molecule has 2 aromatic carbocycles. The SMILES string of the molecule is CS(=O)(=O)NC(=O)COc1cnc(-c2ccccc2)c(-c2ccccc2)n1. The number of hydrogen-bond donors (Lipinski definition) is 1. The lowest BCUT2D eigenvalue weighted by molar-refractivity contribution is -0.121. The number of amides is 1. The topological polar surface area (TPSA) is 98.2 Å². The van der Waals surface area contributed by atoms with Gasteiger partial charge in [0, 0.05) is 11.1 Å². The number of rotatable bonds is 6. The molecule has 0 aliphatic rings. The molecule has 0 radical (unpaired) electrons. The highest BCUT2D eigenvalue weighted by molar-refractivity contribution is 7.89. The Labute approximate surface area is 157 Å². The van der Waals surface area contributed by atoms with E-state index in [0.29, 0.717) is 11.4 Å². The van der Waals surface area contributed by atoms with Crippen molar-refractivity contribution in [2.24, 2.45) is 0 Å². The monoisotopic (exact) mass is 383 g/mol. The van der Waals surface area contributed by atoms with E-state index in [2.05, 4.69) is 9.97 Å². The van der Waals surface area contributed by atoms with E-state index in [9.17, 15) is 13.2 Å². The number of ether oxygens (including phenoxy) is 1. The Hall–Kier alpha value is -3.26. The van der Waals surface area contributed by atoms with Crippen molar-refractivity contribution >= 4 is 15.9 Å². The normalized spacial score (nSPS) is 11.0. The molecule has 138 valence electrons. The van der Waals surface area contributed by atoms with Gasteiger partial charge in [-0.3, -0.25) is 9.52 Å². The molecule has 1 aromatic heterocycles. The number of hydrogen-bond acceptors (Lipinski definition) is 6. The second-order valence-electron chi connectivity index (χ2n) is 5.72. The quantitative estimate of drug-likeness (QED) is 0.701. The third-order valence-electron chi connectivity index (χ3n) is 3.50. The van der Waals surface area contributed by atoms with Gasteiger partial charge in [-0.05, 0) is 0 Å². The maximum atomic E-state index is 11.6. The zero-order valence-electron chi connectivity index (χ0n) is 14.5. The summed E-state index contributed by atoms with van der Waals surface area (Å²) in [5.74, 6) is -0.662. The average Bonchev–Trinajstić information content (AvgIpc) is 2.66. The van der Waals surface area contributed by atoms with E-state index < -0.39 is 22.5 Å². The van der Waals surface area contributed by atoms with E-state index in [4.69, 9.17) is 4.74 Å². The molecule has 0 atom stereocenters. The molecule has 0 saturated carbocycles. The van der Waals surface area contributed by atoms with Gasteiger partial charge in [0.25, 0.3) is 5.91 Å². The van der Waals surface area contributed by atoms with Crippen LogP contribution in [0.4, 0.5) is 0 Å². The Morgan fingerprint density at radius 1 is 0.963 bits per heavy atom. The van der Waals surface area contributed by atoms with E-state index in [1.54, 1.807) is 0 Å². The Kier molecular flexibility index (Phi) is 5.46. The lowest BCUT2D eigenvalue weighted by Gasteiger charge is -2.11. The number of nitrogens with zero attached hydrogens (tertiary/aromatic N) is 2. The summed E-state index contributed by atoms with van der Waals surface area (Å²) in [6, 6.07) is 19.1. The third kappa shape index (κ3) is 5.11. The van der Waals surface area contributed by atoms with E-state index in [0.717, 1.165) is 17.4 Å². The maximum Gasteiger partial charge on any atom is 0.271 e. The smallest absolute Gasteiger partial charge is 0.271 e. The van der Waals surface area contributed by atoms with E-state index in [1.807, 2.05) is 65.4 Å². The summed E-state index contributed by atoms with van der Waals surface area (Å²) in [6.45, 7) is -0.485. The second kappa shape index (κ2) is 7.96. The molecule has 8 heteroatoms. The lowest BCUT2D eigenvalue weighted by Crippen LogP contribution is -2.33. The van der Waals surface area contributed by atoms with Crippen molar-refractivity contribution in [3.05, 3.63) is 66.9 Å². The molecule has 0 aliphatic heterocycles. The molecule has 7 nitrogen and oxygen atoms in total. The summed E-state index contributed by atoms with van der Waals surface area (Å²) in [5.41, 5.74) is 3.01. The van der Waals surface area contributed by atoms with Crippen molar-refractivity contribution in [1.82, 2.24) is 14.7 Å². The molecule has 0 fully saturated rings. The van der Waals surface area contributed by atoms with Crippen LogP contribution in [0, 0.1) is 0 Å². The molecule has 0 saturated heterocycles. The Morgan fingerprint density at radius 2 is 1.52 bits per heavy atom. The zero-order chi connectivity index (χ0) is 19.3. The van der Waals surface area contributed by atoms with Crippen molar-refractivity contribution in [2.45, 2.75) is 0 Å². The molecule has 0 unspecified atom stereocenters. The minimum Gasteiger partial charge on any atom is -0.466 e. The standard InChI is InChI=1S/C19H17N3O4S/c1-27(24,25)22-16(23)13-26-17-12-20-18(14-8-4-2-5-9-14)19(21-17)15-10-6-3-7-11-15/h2-12H,13H2,1H3,(H,22,23). The molecule has 1 heterocycles. The number of carbonyl (C=O) groups excluding carboxylic acids is 1. The minimum absolute atomic E-state index is 0.122. The number of carbonyl (C=O) groups is 1. The minimum atomic E-state index is -3.64. The average molecular weight is 383 g/mol. The molecular weight excluding hydrogens is 366 g/mol. The van der Waals surface area contributed by atoms with Crippen LogP contribution in [-0.4, -0.2) is 37.2 Å². The first-order chi connectivity index (χ1) is 12.9. The Morgan fingerprint density at radius 3 is 2.07 bits per heavy atom. The molecule has 0 bridgehead atoms. The van der Waals surface area contributed by atoms with Crippen LogP contribution in [0.25, 0.3) is 22.5 Å². The lowest BCUT2D eigenvalue weighted by atomic mass is 10.0. The fraction of sp³-hybridized carbons (Fsp3) is 0.105. The third-order valence-corrected chi connectivity index (χ3v) is 4.09. The van der Waals surface area contributed by atoms with Gasteiger partial charge in [0.2, 0.25) is 15.9 Å². The van der Waals surface area contributed by atoms with E-state index in [1.165, 1.54) is 6.20 Å². The van der Waals surface area contributed by atoms with Gasteiger partial charge in [-0.1, -0.05) is 60.7 Å². The highest BCUT2D eigenvalue weighted by Gasteiger charge is 2.14. The molecule has 27 heavy (non-hydrogen) atoms. The summed E-state index contributed by atoms with van der Waals surface area (Å²) in [5, 5.41) is 0. The fourth-order valence-corrected chi connectivity index (χ4v) is 2.90. The van der Waals surface area contributed by atoms with Gasteiger partial charge in [0.1, 0.15) is 5.69 Å². The summed E-state index contributed by atoms with van der Waals surface area (Å²) in [4.78, 5) is 20.5. The Balaban J connectivity index is 1.91. The predicted octanol–water partition coefficient (Wildman–Crippen LogP) is 2.27. The van der Waals surface area contributed by atoms with Crippen molar-refractivity contribution in [2.75, 3.05) is 12.9 Å².